The number of para-hydroxylation sites is 1. The van der Waals surface area contributed by atoms with E-state index in [1.807, 2.05) is 30.3 Å². The number of halogens is 1. The molecule has 1 aliphatic heterocycles. The van der Waals surface area contributed by atoms with Crippen molar-refractivity contribution < 1.29 is 13.9 Å². The van der Waals surface area contributed by atoms with Crippen molar-refractivity contribution in [3.8, 4) is 5.75 Å². The second kappa shape index (κ2) is 7.97. The summed E-state index contributed by atoms with van der Waals surface area (Å²) < 4.78 is 18.6. The maximum Gasteiger partial charge on any atom is 0.266 e. The van der Waals surface area contributed by atoms with Crippen LogP contribution in [-0.4, -0.2) is 34.9 Å². The molecule has 3 rings (SSSR count). The Kier molecular flexibility index (Phi) is 5.48. The van der Waals surface area contributed by atoms with E-state index in [0.29, 0.717) is 17.5 Å². The molecule has 0 saturated carbocycles. The predicted molar refractivity (Wildman–Crippen MR) is 94.2 cm³/mol. The number of carbonyl (C=O) groups is 1. The second-order valence-electron chi connectivity index (χ2n) is 5.22. The van der Waals surface area contributed by atoms with Crippen molar-refractivity contribution in [2.75, 3.05) is 18.9 Å². The Morgan fingerprint density at radius 2 is 2.04 bits per heavy atom. The maximum atomic E-state index is 13.2. The van der Waals surface area contributed by atoms with Gasteiger partial charge < -0.3 is 4.74 Å². The van der Waals surface area contributed by atoms with Gasteiger partial charge in [-0.3, -0.25) is 9.69 Å². The first-order valence-electron chi connectivity index (χ1n) is 7.67. The summed E-state index contributed by atoms with van der Waals surface area (Å²) in [4.78, 5) is 18.7. The normalized spacial score (nSPS) is 16.2. The van der Waals surface area contributed by atoms with Gasteiger partial charge >= 0.3 is 0 Å². The number of ether oxygens (including phenoxy) is 1. The fourth-order valence-corrected chi connectivity index (χ4v) is 3.25. The number of rotatable bonds is 4. The molecule has 1 fully saturated rings. The van der Waals surface area contributed by atoms with Crippen molar-refractivity contribution in [1.82, 2.24) is 4.90 Å². The fourth-order valence-electron chi connectivity index (χ4n) is 2.28. The van der Waals surface area contributed by atoms with Crippen LogP contribution in [0.5, 0.6) is 5.75 Å². The molecule has 1 heterocycles. The van der Waals surface area contributed by atoms with Crippen LogP contribution in [0.4, 0.5) is 10.1 Å². The number of hydrogen-bond donors (Lipinski definition) is 0. The first-order valence-corrected chi connectivity index (χ1v) is 8.66. The van der Waals surface area contributed by atoms with Crippen LogP contribution in [0.2, 0.25) is 0 Å². The highest BCUT2D eigenvalue weighted by molar-refractivity contribution is 8.13. The molecule has 4 nitrogen and oxygen atoms in total. The van der Waals surface area contributed by atoms with Gasteiger partial charge in [0.2, 0.25) is 0 Å². The first kappa shape index (κ1) is 16.5. The van der Waals surface area contributed by atoms with E-state index in [1.165, 1.54) is 12.1 Å². The number of amides is 1. The van der Waals surface area contributed by atoms with E-state index in [2.05, 4.69) is 4.99 Å². The molecular formula is C18H17FN2O2S. The molecule has 0 aliphatic carbocycles. The van der Waals surface area contributed by atoms with Crippen LogP contribution >= 0.6 is 11.8 Å². The number of benzene rings is 2. The lowest BCUT2D eigenvalue weighted by atomic mass is 10.3. The van der Waals surface area contributed by atoms with E-state index >= 15 is 0 Å². The van der Waals surface area contributed by atoms with Crippen LogP contribution in [0, 0.1) is 5.82 Å². The first-order chi connectivity index (χ1) is 11.7. The molecule has 1 amide bonds. The smallest absolute Gasteiger partial charge is 0.266 e. The average molecular weight is 344 g/mol. The van der Waals surface area contributed by atoms with Crippen LogP contribution in [0.15, 0.2) is 59.6 Å². The van der Waals surface area contributed by atoms with E-state index in [-0.39, 0.29) is 18.3 Å². The number of nitrogens with zero attached hydrogens (tertiary/aromatic N) is 2. The molecule has 124 valence electrons. The Bertz CT molecular complexity index is 737. The lowest BCUT2D eigenvalue weighted by Gasteiger charge is -2.27. The lowest BCUT2D eigenvalue weighted by molar-refractivity contribution is -0.129. The van der Waals surface area contributed by atoms with Crippen molar-refractivity contribution >= 4 is 28.5 Å². The quantitative estimate of drug-likeness (QED) is 0.846. The van der Waals surface area contributed by atoms with Gasteiger partial charge in [0.25, 0.3) is 5.91 Å². The Morgan fingerprint density at radius 3 is 2.83 bits per heavy atom. The summed E-state index contributed by atoms with van der Waals surface area (Å²) >= 11 is 1.56. The fraction of sp³-hybridized carbons (Fsp3) is 0.222. The molecule has 0 radical (unpaired) electrons. The van der Waals surface area contributed by atoms with E-state index in [0.717, 1.165) is 17.9 Å². The molecule has 1 aliphatic rings. The Morgan fingerprint density at radius 1 is 1.21 bits per heavy atom. The van der Waals surface area contributed by atoms with Gasteiger partial charge in [-0.2, -0.15) is 0 Å². The molecule has 0 N–H and O–H groups in total. The van der Waals surface area contributed by atoms with Crippen molar-refractivity contribution in [2.45, 2.75) is 6.42 Å². The van der Waals surface area contributed by atoms with Gasteiger partial charge in [0.05, 0.1) is 5.69 Å². The Labute approximate surface area is 144 Å². The molecule has 0 atom stereocenters. The van der Waals surface area contributed by atoms with Crippen LogP contribution in [0.3, 0.4) is 0 Å². The zero-order valence-electron chi connectivity index (χ0n) is 13.0. The van der Waals surface area contributed by atoms with Crippen LogP contribution in [-0.2, 0) is 4.79 Å². The van der Waals surface area contributed by atoms with E-state index in [4.69, 9.17) is 4.74 Å². The summed E-state index contributed by atoms with van der Waals surface area (Å²) in [6.45, 7) is 0.474. The van der Waals surface area contributed by atoms with Crippen LogP contribution in [0.1, 0.15) is 6.42 Å². The lowest BCUT2D eigenvalue weighted by Crippen LogP contribution is -2.41. The minimum atomic E-state index is -0.389. The summed E-state index contributed by atoms with van der Waals surface area (Å²) in [6.07, 6.45) is 0.907. The molecule has 6 heteroatoms. The highest BCUT2D eigenvalue weighted by Crippen LogP contribution is 2.22. The Hall–Kier alpha value is -2.34. The third-order valence-corrected chi connectivity index (χ3v) is 4.49. The van der Waals surface area contributed by atoms with E-state index in [9.17, 15) is 9.18 Å². The van der Waals surface area contributed by atoms with Crippen molar-refractivity contribution in [2.24, 2.45) is 4.99 Å². The second-order valence-corrected chi connectivity index (χ2v) is 6.29. The van der Waals surface area contributed by atoms with Crippen LogP contribution < -0.4 is 4.74 Å². The van der Waals surface area contributed by atoms with Gasteiger partial charge in [0, 0.05) is 18.4 Å². The average Bonchev–Trinajstić information content (AvgIpc) is 2.61. The molecular weight excluding hydrogens is 327 g/mol. The monoisotopic (exact) mass is 344 g/mol. The van der Waals surface area contributed by atoms with Gasteiger partial charge in [-0.05, 0) is 30.7 Å². The maximum absolute atomic E-state index is 13.2. The summed E-state index contributed by atoms with van der Waals surface area (Å²) in [7, 11) is 0. The highest BCUT2D eigenvalue weighted by atomic mass is 32.2. The van der Waals surface area contributed by atoms with Crippen molar-refractivity contribution in [3.63, 3.8) is 0 Å². The van der Waals surface area contributed by atoms with Gasteiger partial charge in [-0.15, -0.1) is 0 Å². The molecule has 0 spiro atoms. The number of amidine groups is 1. The molecule has 0 bridgehead atoms. The summed E-state index contributed by atoms with van der Waals surface area (Å²) in [5.74, 6) is 0.704. The van der Waals surface area contributed by atoms with E-state index in [1.54, 1.807) is 28.8 Å². The molecule has 0 aromatic heterocycles. The minimum Gasteiger partial charge on any atom is -0.484 e. The van der Waals surface area contributed by atoms with Crippen molar-refractivity contribution in [3.05, 3.63) is 60.4 Å². The summed E-state index contributed by atoms with van der Waals surface area (Å²) in [5, 5.41) is 0.681. The zero-order chi connectivity index (χ0) is 16.8. The highest BCUT2D eigenvalue weighted by Gasteiger charge is 2.24. The topological polar surface area (TPSA) is 41.9 Å². The third-order valence-electron chi connectivity index (χ3n) is 3.43. The van der Waals surface area contributed by atoms with Crippen molar-refractivity contribution in [1.29, 1.82) is 0 Å². The largest absolute Gasteiger partial charge is 0.484 e. The summed E-state index contributed by atoms with van der Waals surface area (Å²) in [6, 6.07) is 15.3. The summed E-state index contributed by atoms with van der Waals surface area (Å²) in [5.41, 5.74) is 0.811. The third kappa shape index (κ3) is 4.35. The standard InChI is InChI=1S/C18H17FN2O2S/c19-14-6-4-9-16(12-14)23-13-17(22)21-10-5-11-24-18(21)20-15-7-2-1-3-8-15/h1-4,6-9,12H,5,10-11,13H2. The zero-order valence-corrected chi connectivity index (χ0v) is 13.8. The minimum absolute atomic E-state index is 0.141. The number of aliphatic imine (C=N–C) groups is 1. The molecule has 24 heavy (non-hydrogen) atoms. The predicted octanol–water partition coefficient (Wildman–Crippen LogP) is 3.86. The van der Waals surface area contributed by atoms with Gasteiger partial charge in [0.1, 0.15) is 11.6 Å². The SMILES string of the molecule is O=C(COc1cccc(F)c1)N1CCCSC1=Nc1ccccc1. The molecule has 0 unspecified atom stereocenters. The van der Waals surface area contributed by atoms with Gasteiger partial charge in [0.15, 0.2) is 11.8 Å². The molecule has 2 aromatic carbocycles. The number of hydrogen-bond acceptors (Lipinski definition) is 4. The number of thioether (sulfide) groups is 1. The van der Waals surface area contributed by atoms with Gasteiger partial charge in [-0.1, -0.05) is 36.0 Å². The molecule has 2 aromatic rings. The van der Waals surface area contributed by atoms with Gasteiger partial charge in [-0.25, -0.2) is 9.38 Å². The Balaban J connectivity index is 1.68. The number of carbonyl (C=O) groups excluding carboxylic acids is 1. The molecule has 1 saturated heterocycles. The van der Waals surface area contributed by atoms with E-state index < -0.39 is 0 Å². The van der Waals surface area contributed by atoms with Crippen LogP contribution in [0.25, 0.3) is 0 Å².